The quantitative estimate of drug-likeness (QED) is 0.188. The van der Waals surface area contributed by atoms with Crippen molar-refractivity contribution in [2.24, 2.45) is 47.3 Å². The van der Waals surface area contributed by atoms with Crippen LogP contribution in [0.4, 0.5) is 0 Å². The van der Waals surface area contributed by atoms with Gasteiger partial charge in [0.2, 0.25) is 0 Å². The summed E-state index contributed by atoms with van der Waals surface area (Å²) in [6.07, 6.45) is 25.6. The van der Waals surface area contributed by atoms with Crippen LogP contribution in [0.5, 0.6) is 0 Å². The van der Waals surface area contributed by atoms with E-state index in [2.05, 4.69) is 42.5 Å². The summed E-state index contributed by atoms with van der Waals surface area (Å²) in [5.74, 6) is 5.97. The van der Waals surface area contributed by atoms with Gasteiger partial charge in [-0.2, -0.15) is 0 Å². The number of rotatable bonds is 0. The molecule has 8 nitrogen and oxygen atoms in total. The van der Waals surface area contributed by atoms with Crippen LogP contribution in [0.1, 0.15) is 103 Å². The molecule has 0 aromatic heterocycles. The van der Waals surface area contributed by atoms with Crippen LogP contribution in [-0.4, -0.2) is 49.3 Å². The summed E-state index contributed by atoms with van der Waals surface area (Å²) < 4.78 is 0. The number of hydrogen-bond acceptors (Lipinski definition) is 8. The van der Waals surface area contributed by atoms with Crippen molar-refractivity contribution in [3.05, 3.63) is 0 Å². The first-order valence-electron chi connectivity index (χ1n) is 17.9. The monoisotopic (exact) mass is 663 g/mol. The van der Waals surface area contributed by atoms with E-state index < -0.39 is 0 Å². The predicted octanol–water partition coefficient (Wildman–Crippen LogP) is 2.60. The Morgan fingerprint density at radius 2 is 0.357 bits per heavy atom. The minimum absolute atomic E-state index is 0. The molecule has 5 saturated heterocycles. The molecule has 5 aliphatic heterocycles. The molecule has 9 fully saturated rings. The fourth-order valence-electron chi connectivity index (χ4n) is 12.0. The van der Waals surface area contributed by atoms with Gasteiger partial charge in [-0.3, -0.25) is 42.5 Å². The van der Waals surface area contributed by atoms with E-state index in [-0.39, 0.29) is 38.8 Å². The summed E-state index contributed by atoms with van der Waals surface area (Å²) in [4.78, 5) is 0. The van der Waals surface area contributed by atoms with Gasteiger partial charge in [0.25, 0.3) is 0 Å². The average molecular weight is 664 g/mol. The van der Waals surface area contributed by atoms with Crippen LogP contribution < -0.4 is 42.5 Å². The zero-order chi connectivity index (χ0) is 26.2. The van der Waals surface area contributed by atoms with Gasteiger partial charge in [-0.15, -0.1) is 0 Å². The summed E-state index contributed by atoms with van der Waals surface area (Å²) in [7, 11) is 0. The minimum Gasteiger partial charge on any atom is -0.286 e. The number of fused-ring (bicyclic) bond motifs is 20. The molecule has 0 aromatic rings. The van der Waals surface area contributed by atoms with Crippen LogP contribution in [0.25, 0.3) is 0 Å². The van der Waals surface area contributed by atoms with Gasteiger partial charge < -0.3 is 0 Å². The standard InChI is InChI=1S/C32H56N8.Cu.Ti/c1-2-10-18-17(9-1)25-33-26(18)38-28-21-13-5-6-14-22(21)30(35-28)40-32-24-16-8-7-15-23(24)31(36-32)39-29-20-12-4-3-11-19(20)27(34-29)37-25;;/h17-40H,1-16H2;;. The van der Waals surface area contributed by atoms with E-state index in [9.17, 15) is 0 Å². The minimum atomic E-state index is 0. The van der Waals surface area contributed by atoms with Gasteiger partial charge >= 0.3 is 0 Å². The van der Waals surface area contributed by atoms with Crippen LogP contribution in [0, 0.1) is 47.3 Å². The van der Waals surface area contributed by atoms with Crippen molar-refractivity contribution in [3.8, 4) is 0 Å². The molecule has 9 rings (SSSR count). The molecule has 8 bridgehead atoms. The molecule has 0 amide bonds. The molecule has 5 heterocycles. The van der Waals surface area contributed by atoms with Crippen molar-refractivity contribution in [1.29, 1.82) is 0 Å². The van der Waals surface area contributed by atoms with Crippen LogP contribution >= 0.6 is 0 Å². The SMILES string of the molecule is C1CCC2C3NC(NC4NC(NC5NC(NC6NC(N3)C3CCCCC63)C3CCCCC53)C3CCCCC43)C2C1.[Cu].[Ti]. The van der Waals surface area contributed by atoms with Crippen molar-refractivity contribution in [1.82, 2.24) is 42.5 Å². The van der Waals surface area contributed by atoms with Gasteiger partial charge in [0.1, 0.15) is 0 Å². The summed E-state index contributed by atoms with van der Waals surface area (Å²) in [6.45, 7) is 0. The van der Waals surface area contributed by atoms with Crippen LogP contribution in [0.3, 0.4) is 0 Å². The number of nitrogens with one attached hydrogen (secondary N) is 8. The molecule has 0 aromatic carbocycles. The summed E-state index contributed by atoms with van der Waals surface area (Å²) in [6, 6.07) is 0. The summed E-state index contributed by atoms with van der Waals surface area (Å²) >= 11 is 0. The normalized spacial score (nSPS) is 54.9. The van der Waals surface area contributed by atoms with E-state index in [1.807, 2.05) is 0 Å². The van der Waals surface area contributed by atoms with Crippen LogP contribution in [0.2, 0.25) is 0 Å². The summed E-state index contributed by atoms with van der Waals surface area (Å²) in [5.41, 5.74) is 0. The fourth-order valence-corrected chi connectivity index (χ4v) is 12.0. The number of hydrogen-bond donors (Lipinski definition) is 8. The first kappa shape index (κ1) is 31.5. The zero-order valence-corrected chi connectivity index (χ0v) is 27.9. The molecule has 8 atom stereocenters. The van der Waals surface area contributed by atoms with E-state index in [0.717, 1.165) is 47.3 Å². The molecule has 9 aliphatic rings. The second-order valence-electron chi connectivity index (χ2n) is 15.6. The molecule has 8 N–H and O–H groups in total. The van der Waals surface area contributed by atoms with Crippen LogP contribution in [0.15, 0.2) is 0 Å². The van der Waals surface area contributed by atoms with Gasteiger partial charge in [0.15, 0.2) is 0 Å². The second kappa shape index (κ2) is 13.2. The Bertz CT molecular complexity index is 723. The first-order chi connectivity index (χ1) is 19.8. The molecule has 10 heteroatoms. The largest absolute Gasteiger partial charge is 0.286 e. The predicted molar refractivity (Wildman–Crippen MR) is 157 cm³/mol. The van der Waals surface area contributed by atoms with E-state index in [0.29, 0.717) is 49.3 Å². The first-order valence-corrected chi connectivity index (χ1v) is 17.9. The zero-order valence-electron chi connectivity index (χ0n) is 25.4. The van der Waals surface area contributed by atoms with E-state index >= 15 is 0 Å². The van der Waals surface area contributed by atoms with Crippen LogP contribution in [-0.2, 0) is 38.8 Å². The third-order valence-electron chi connectivity index (χ3n) is 13.8. The molecule has 42 heavy (non-hydrogen) atoms. The maximum Gasteiger partial charge on any atom is 0.0628 e. The molecule has 0 spiro atoms. The van der Waals surface area contributed by atoms with Gasteiger partial charge in [-0.25, -0.2) is 0 Å². The average Bonchev–Trinajstić information content (AvgIpc) is 3.73. The smallest absolute Gasteiger partial charge is 0.0628 e. The van der Waals surface area contributed by atoms with Crippen molar-refractivity contribution < 1.29 is 38.8 Å². The Balaban J connectivity index is 0.00000144. The molecule has 4 saturated carbocycles. The molecule has 4 aliphatic carbocycles. The third-order valence-corrected chi connectivity index (χ3v) is 13.8. The Morgan fingerprint density at radius 3 is 0.476 bits per heavy atom. The molecule has 1 radical (unpaired) electrons. The van der Waals surface area contributed by atoms with Crippen molar-refractivity contribution in [2.45, 2.75) is 152 Å². The summed E-state index contributed by atoms with van der Waals surface area (Å²) in [5, 5.41) is 33.8. The molecular formula is C32H56CuN8Ti. The third kappa shape index (κ3) is 5.49. The van der Waals surface area contributed by atoms with Crippen molar-refractivity contribution >= 4 is 0 Å². The maximum absolute atomic E-state index is 4.26. The van der Waals surface area contributed by atoms with E-state index in [1.165, 1.54) is 103 Å². The second-order valence-corrected chi connectivity index (χ2v) is 15.6. The van der Waals surface area contributed by atoms with Gasteiger partial charge in [0.05, 0.1) is 49.3 Å². The molecule has 8 unspecified atom stereocenters. The van der Waals surface area contributed by atoms with Crippen molar-refractivity contribution in [2.75, 3.05) is 0 Å². The molecule has 239 valence electrons. The van der Waals surface area contributed by atoms with E-state index in [1.54, 1.807) is 0 Å². The van der Waals surface area contributed by atoms with Gasteiger partial charge in [-0.05, 0) is 98.7 Å². The van der Waals surface area contributed by atoms with Gasteiger partial charge in [-0.1, -0.05) is 51.4 Å². The fraction of sp³-hybridized carbons (Fsp3) is 1.00. The maximum atomic E-state index is 4.26. The Hall–Kier alpha value is 0.914. The van der Waals surface area contributed by atoms with Crippen molar-refractivity contribution in [3.63, 3.8) is 0 Å². The van der Waals surface area contributed by atoms with Gasteiger partial charge in [0, 0.05) is 38.8 Å². The Kier molecular flexibility index (Phi) is 9.90. The topological polar surface area (TPSA) is 96.2 Å². The Morgan fingerprint density at radius 1 is 0.238 bits per heavy atom. The van der Waals surface area contributed by atoms with E-state index in [4.69, 9.17) is 0 Å². The molecular weight excluding hydrogens is 608 g/mol. The Labute approximate surface area is 279 Å².